The van der Waals surface area contributed by atoms with Gasteiger partial charge >= 0.3 is 104 Å². The van der Waals surface area contributed by atoms with Crippen molar-refractivity contribution < 1.29 is 0 Å². The fourth-order valence-corrected chi connectivity index (χ4v) is 6.58. The van der Waals surface area contributed by atoms with Gasteiger partial charge in [-0.25, -0.2) is 0 Å². The van der Waals surface area contributed by atoms with Gasteiger partial charge in [-0.1, -0.05) is 0 Å². The molecule has 0 saturated carbocycles. The first kappa shape index (κ1) is 14.5. The van der Waals surface area contributed by atoms with Gasteiger partial charge in [0.05, 0.1) is 0 Å². The summed E-state index contributed by atoms with van der Waals surface area (Å²) in [7, 11) is -0.689. The molecule has 1 aliphatic rings. The van der Waals surface area contributed by atoms with Crippen LogP contribution in [0.2, 0.25) is 0 Å². The summed E-state index contributed by atoms with van der Waals surface area (Å²) in [5.41, 5.74) is 0. The molecule has 1 heteroatoms. The maximum atomic E-state index is 2.58. The van der Waals surface area contributed by atoms with E-state index in [-0.39, 0.29) is 0 Å². The van der Waals surface area contributed by atoms with Gasteiger partial charge in [0, 0.05) is 0 Å². The second kappa shape index (κ2) is 7.70. The van der Waals surface area contributed by atoms with Crippen LogP contribution in [0.15, 0.2) is 0 Å². The van der Waals surface area contributed by atoms with Crippen LogP contribution in [0.5, 0.6) is 0 Å². The van der Waals surface area contributed by atoms with Gasteiger partial charge in [0.15, 0.2) is 0 Å². The molecule has 1 rings (SSSR count). The Morgan fingerprint density at radius 1 is 0.938 bits per heavy atom. The molecule has 1 fully saturated rings. The van der Waals surface area contributed by atoms with E-state index in [2.05, 4.69) is 20.3 Å². The zero-order chi connectivity index (χ0) is 11.9. The first-order valence-electron chi connectivity index (χ1n) is 7.64. The maximum absolute atomic E-state index is 2.58. The van der Waals surface area contributed by atoms with Crippen molar-refractivity contribution in [1.29, 1.82) is 0 Å². The number of rotatable bonds is 8. The van der Waals surface area contributed by atoms with E-state index in [0.29, 0.717) is 0 Å². The molecule has 0 aliphatic carbocycles. The Labute approximate surface area is 104 Å². The van der Waals surface area contributed by atoms with Crippen LogP contribution in [0.25, 0.3) is 0 Å². The second-order valence-corrected chi connectivity index (χ2v) is 11.9. The predicted octanol–water partition coefficient (Wildman–Crippen LogP) is 5.16. The van der Waals surface area contributed by atoms with Crippen LogP contribution in [-0.2, 0) is 0 Å². The molecule has 0 amide bonds. The minimum absolute atomic E-state index is 0.689. The Morgan fingerprint density at radius 2 is 1.56 bits per heavy atom. The summed E-state index contributed by atoms with van der Waals surface area (Å²) in [6.07, 6.45) is 16.6. The Bertz CT molecular complexity index is 174. The Balaban J connectivity index is 1.88. The normalized spacial score (nSPS) is 25.8. The van der Waals surface area contributed by atoms with Gasteiger partial charge < -0.3 is 0 Å². The van der Waals surface area contributed by atoms with E-state index < -0.39 is 7.26 Å². The average molecular weight is 244 g/mol. The molecule has 0 nitrogen and oxygen atoms in total. The van der Waals surface area contributed by atoms with Gasteiger partial charge in [0.1, 0.15) is 0 Å². The van der Waals surface area contributed by atoms with Crippen molar-refractivity contribution in [1.82, 2.24) is 0 Å². The van der Waals surface area contributed by atoms with Crippen molar-refractivity contribution in [2.24, 2.45) is 5.92 Å². The van der Waals surface area contributed by atoms with E-state index in [0.717, 1.165) is 5.92 Å². The predicted molar refractivity (Wildman–Crippen MR) is 80.6 cm³/mol. The van der Waals surface area contributed by atoms with Crippen LogP contribution in [-0.4, -0.2) is 25.7 Å². The monoisotopic (exact) mass is 244 g/mol. The molecular weight excluding hydrogens is 211 g/mol. The van der Waals surface area contributed by atoms with E-state index in [1.807, 2.05) is 0 Å². The van der Waals surface area contributed by atoms with Crippen LogP contribution in [0.1, 0.15) is 64.7 Å². The second-order valence-electron chi connectivity index (χ2n) is 6.68. The van der Waals surface area contributed by atoms with E-state index in [1.54, 1.807) is 25.2 Å². The zero-order valence-corrected chi connectivity index (χ0v) is 12.9. The molecule has 1 unspecified atom stereocenters. The molecule has 0 aromatic rings. The molecule has 0 radical (unpaired) electrons. The van der Waals surface area contributed by atoms with E-state index >= 15 is 0 Å². The van der Waals surface area contributed by atoms with Crippen LogP contribution in [0, 0.1) is 5.92 Å². The molecule has 1 aliphatic heterocycles. The topological polar surface area (TPSA) is 0 Å². The van der Waals surface area contributed by atoms with Gasteiger partial charge in [0.2, 0.25) is 0 Å². The van der Waals surface area contributed by atoms with Crippen molar-refractivity contribution in [3.8, 4) is 0 Å². The SMILES string of the molecule is CCCCCCCCCC1CC[PH](C)(C)C1. The molecule has 1 saturated heterocycles. The molecule has 16 heavy (non-hydrogen) atoms. The summed E-state index contributed by atoms with van der Waals surface area (Å²) in [5, 5.41) is 0. The Hall–Kier alpha value is 0.430. The average Bonchev–Trinajstić information content (AvgIpc) is 2.57. The molecule has 0 spiro atoms. The summed E-state index contributed by atoms with van der Waals surface area (Å²) in [6.45, 7) is 7.46. The van der Waals surface area contributed by atoms with Gasteiger partial charge in [-0.15, -0.1) is 0 Å². The fraction of sp³-hybridized carbons (Fsp3) is 1.00. The summed E-state index contributed by atoms with van der Waals surface area (Å²) in [6, 6.07) is 0. The van der Waals surface area contributed by atoms with Crippen LogP contribution >= 0.6 is 7.26 Å². The molecule has 0 aromatic heterocycles. The standard InChI is InChI=1S/C15H33P/c1-4-5-6-7-8-9-10-11-15-12-13-16(2,3)14-15/h15-16H,4-14H2,1-3H3. The summed E-state index contributed by atoms with van der Waals surface area (Å²) < 4.78 is 0. The number of hydrogen-bond donors (Lipinski definition) is 0. The third-order valence-electron chi connectivity index (χ3n) is 4.29. The van der Waals surface area contributed by atoms with E-state index in [1.165, 1.54) is 44.9 Å². The summed E-state index contributed by atoms with van der Waals surface area (Å²) in [4.78, 5) is 0. The van der Waals surface area contributed by atoms with Crippen molar-refractivity contribution in [3.05, 3.63) is 0 Å². The van der Waals surface area contributed by atoms with Crippen LogP contribution < -0.4 is 0 Å². The fourth-order valence-electron chi connectivity index (χ4n) is 3.22. The summed E-state index contributed by atoms with van der Waals surface area (Å²) in [5.74, 6) is 1.12. The van der Waals surface area contributed by atoms with Crippen molar-refractivity contribution >= 4 is 7.26 Å². The van der Waals surface area contributed by atoms with Crippen molar-refractivity contribution in [2.75, 3.05) is 25.7 Å². The Morgan fingerprint density at radius 3 is 2.12 bits per heavy atom. The third-order valence-corrected chi connectivity index (χ3v) is 7.61. The van der Waals surface area contributed by atoms with Gasteiger partial charge in [0.25, 0.3) is 0 Å². The molecule has 98 valence electrons. The number of unbranched alkanes of at least 4 members (excludes halogenated alkanes) is 6. The van der Waals surface area contributed by atoms with E-state index in [4.69, 9.17) is 0 Å². The number of hydrogen-bond acceptors (Lipinski definition) is 0. The first-order valence-corrected chi connectivity index (χ1v) is 11.1. The summed E-state index contributed by atoms with van der Waals surface area (Å²) >= 11 is 0. The molecular formula is C15H33P. The minimum atomic E-state index is -0.689. The molecule has 1 heterocycles. The van der Waals surface area contributed by atoms with Gasteiger partial charge in [-0.3, -0.25) is 0 Å². The quantitative estimate of drug-likeness (QED) is 0.409. The van der Waals surface area contributed by atoms with E-state index in [9.17, 15) is 0 Å². The van der Waals surface area contributed by atoms with Crippen LogP contribution in [0.4, 0.5) is 0 Å². The Kier molecular flexibility index (Phi) is 6.97. The van der Waals surface area contributed by atoms with Crippen molar-refractivity contribution in [2.45, 2.75) is 64.7 Å². The zero-order valence-electron chi connectivity index (χ0n) is 11.9. The van der Waals surface area contributed by atoms with Crippen LogP contribution in [0.3, 0.4) is 0 Å². The third kappa shape index (κ3) is 6.24. The first-order chi connectivity index (χ1) is 7.64. The molecule has 0 bridgehead atoms. The van der Waals surface area contributed by atoms with Gasteiger partial charge in [-0.05, 0) is 0 Å². The molecule has 0 aromatic carbocycles. The van der Waals surface area contributed by atoms with Gasteiger partial charge in [-0.2, -0.15) is 0 Å². The molecule has 1 atom stereocenters. The van der Waals surface area contributed by atoms with Crippen molar-refractivity contribution in [3.63, 3.8) is 0 Å². The molecule has 0 N–H and O–H groups in total.